The second-order valence-corrected chi connectivity index (χ2v) is 5.97. The Bertz CT molecular complexity index is 445. The van der Waals surface area contributed by atoms with Gasteiger partial charge < -0.3 is 15.6 Å². The second kappa shape index (κ2) is 11.2. The topological polar surface area (TPSA) is 144 Å². The SMILES string of the molecule is CC(CN)S(=O)(=O)O.CC=CC(=O)OCC(CC)C(=O)O. The molecular formula is C12H23NO7S. The lowest BCUT2D eigenvalue weighted by atomic mass is 10.1. The van der Waals surface area contributed by atoms with Gasteiger partial charge in [-0.05, 0) is 20.3 Å². The zero-order valence-electron chi connectivity index (χ0n) is 12.4. The Morgan fingerprint density at radius 1 is 1.38 bits per heavy atom. The molecule has 0 aromatic carbocycles. The van der Waals surface area contributed by atoms with Gasteiger partial charge in [0.25, 0.3) is 10.1 Å². The van der Waals surface area contributed by atoms with Crippen molar-refractivity contribution >= 4 is 22.1 Å². The van der Waals surface area contributed by atoms with Crippen molar-refractivity contribution in [3.8, 4) is 0 Å². The maximum Gasteiger partial charge on any atom is 0.330 e. The summed E-state index contributed by atoms with van der Waals surface area (Å²) in [4.78, 5) is 21.3. The Hall–Kier alpha value is -1.45. The predicted octanol–water partition coefficient (Wildman–Crippen LogP) is 0.438. The lowest BCUT2D eigenvalue weighted by molar-refractivity contribution is -0.148. The van der Waals surface area contributed by atoms with Gasteiger partial charge in [-0.15, -0.1) is 0 Å². The second-order valence-electron chi connectivity index (χ2n) is 4.13. The molecule has 0 radical (unpaired) electrons. The molecule has 2 atom stereocenters. The molecule has 0 saturated heterocycles. The number of carboxylic acids is 1. The third kappa shape index (κ3) is 12.0. The Labute approximate surface area is 124 Å². The molecule has 0 fully saturated rings. The van der Waals surface area contributed by atoms with Crippen LogP contribution in [-0.4, -0.2) is 48.4 Å². The third-order valence-corrected chi connectivity index (χ3v) is 3.62. The van der Waals surface area contributed by atoms with Crippen molar-refractivity contribution in [2.75, 3.05) is 13.2 Å². The van der Waals surface area contributed by atoms with Crippen LogP contribution in [0.2, 0.25) is 0 Å². The first kappa shape index (κ1) is 21.8. The highest BCUT2D eigenvalue weighted by Gasteiger charge is 2.16. The lowest BCUT2D eigenvalue weighted by Gasteiger charge is -2.08. The van der Waals surface area contributed by atoms with Crippen LogP contribution < -0.4 is 5.73 Å². The number of carbonyl (C=O) groups excluding carboxylic acids is 1. The first-order chi connectivity index (χ1) is 9.59. The molecule has 21 heavy (non-hydrogen) atoms. The molecule has 8 nitrogen and oxygen atoms in total. The minimum absolute atomic E-state index is 0.0428. The normalized spacial score (nSPS) is 14.0. The Morgan fingerprint density at radius 2 is 1.90 bits per heavy atom. The van der Waals surface area contributed by atoms with Gasteiger partial charge in [-0.3, -0.25) is 9.35 Å². The van der Waals surface area contributed by atoms with Crippen LogP contribution in [0.15, 0.2) is 12.2 Å². The summed E-state index contributed by atoms with van der Waals surface area (Å²) >= 11 is 0. The number of hydrogen-bond donors (Lipinski definition) is 3. The summed E-state index contributed by atoms with van der Waals surface area (Å²) in [6.07, 6.45) is 3.26. The van der Waals surface area contributed by atoms with Crippen LogP contribution >= 0.6 is 0 Å². The molecule has 0 bridgehead atoms. The van der Waals surface area contributed by atoms with Crippen molar-refractivity contribution in [3.05, 3.63) is 12.2 Å². The summed E-state index contributed by atoms with van der Waals surface area (Å²) in [6.45, 7) is 4.67. The Balaban J connectivity index is 0. The first-order valence-electron chi connectivity index (χ1n) is 6.28. The van der Waals surface area contributed by atoms with Crippen molar-refractivity contribution in [1.29, 1.82) is 0 Å². The zero-order valence-corrected chi connectivity index (χ0v) is 13.2. The molecule has 124 valence electrons. The molecule has 9 heteroatoms. The molecule has 0 amide bonds. The van der Waals surface area contributed by atoms with Gasteiger partial charge in [-0.2, -0.15) is 8.42 Å². The van der Waals surface area contributed by atoms with Crippen molar-refractivity contribution < 1.29 is 32.4 Å². The van der Waals surface area contributed by atoms with Gasteiger partial charge in [-0.25, -0.2) is 4.79 Å². The number of carbonyl (C=O) groups is 2. The highest BCUT2D eigenvalue weighted by atomic mass is 32.2. The van der Waals surface area contributed by atoms with Crippen LogP contribution in [0.25, 0.3) is 0 Å². The molecule has 4 N–H and O–H groups in total. The van der Waals surface area contributed by atoms with E-state index in [-0.39, 0.29) is 13.2 Å². The first-order valence-corrected chi connectivity index (χ1v) is 7.78. The van der Waals surface area contributed by atoms with E-state index in [1.807, 2.05) is 0 Å². The number of rotatable bonds is 7. The molecule has 0 aliphatic heterocycles. The summed E-state index contributed by atoms with van der Waals surface area (Å²) in [7, 11) is -3.88. The highest BCUT2D eigenvalue weighted by Crippen LogP contribution is 2.03. The number of esters is 1. The summed E-state index contributed by atoms with van der Waals surface area (Å²) in [5.74, 6) is -2.04. The third-order valence-electron chi connectivity index (χ3n) is 2.41. The van der Waals surface area contributed by atoms with Gasteiger partial charge in [0.05, 0.1) is 11.2 Å². The number of carboxylic acid groups (broad SMARTS) is 1. The van der Waals surface area contributed by atoms with Crippen LogP contribution in [0.5, 0.6) is 0 Å². The van der Waals surface area contributed by atoms with Crippen LogP contribution in [0, 0.1) is 5.92 Å². The number of aliphatic carboxylic acids is 1. The van der Waals surface area contributed by atoms with Gasteiger partial charge in [0, 0.05) is 12.6 Å². The van der Waals surface area contributed by atoms with Crippen molar-refractivity contribution in [1.82, 2.24) is 0 Å². The summed E-state index contributed by atoms with van der Waals surface area (Å²) < 4.78 is 32.9. The van der Waals surface area contributed by atoms with Crippen molar-refractivity contribution in [2.45, 2.75) is 32.4 Å². The fraction of sp³-hybridized carbons (Fsp3) is 0.667. The van der Waals surface area contributed by atoms with Gasteiger partial charge in [-0.1, -0.05) is 13.0 Å². The van der Waals surface area contributed by atoms with Gasteiger partial charge in [0.15, 0.2) is 0 Å². The largest absolute Gasteiger partial charge is 0.481 e. The molecule has 0 aromatic heterocycles. The fourth-order valence-electron chi connectivity index (χ4n) is 0.852. The van der Waals surface area contributed by atoms with E-state index in [2.05, 4.69) is 0 Å². The number of nitrogens with two attached hydrogens (primary N) is 1. The molecule has 0 rings (SSSR count). The molecule has 0 spiro atoms. The van der Waals surface area contributed by atoms with Gasteiger partial charge in [0.1, 0.15) is 6.61 Å². The average molecular weight is 325 g/mol. The molecule has 0 aromatic rings. The van der Waals surface area contributed by atoms with E-state index in [9.17, 15) is 18.0 Å². The molecule has 0 aliphatic carbocycles. The average Bonchev–Trinajstić information content (AvgIpc) is 2.38. The maximum absolute atomic E-state index is 10.8. The monoisotopic (exact) mass is 325 g/mol. The molecular weight excluding hydrogens is 302 g/mol. The maximum atomic E-state index is 10.8. The van der Waals surface area contributed by atoms with Crippen molar-refractivity contribution in [2.24, 2.45) is 11.7 Å². The van der Waals surface area contributed by atoms with E-state index in [0.717, 1.165) is 0 Å². The standard InChI is InChI=1S/C9H14O4.C3H9NO3S/c1-3-5-8(10)13-6-7(4-2)9(11)12;1-3(2-4)8(5,6)7/h3,5,7H,4,6H2,1-2H3,(H,11,12);3H,2,4H2,1H3,(H,5,6,7). The summed E-state index contributed by atoms with van der Waals surface area (Å²) in [6, 6.07) is 0. The molecule has 0 heterocycles. The predicted molar refractivity (Wildman–Crippen MR) is 77.3 cm³/mol. The Morgan fingerprint density at radius 3 is 2.14 bits per heavy atom. The molecule has 0 saturated carbocycles. The Kier molecular flexibility index (Phi) is 11.7. The highest BCUT2D eigenvalue weighted by molar-refractivity contribution is 7.86. The fourth-order valence-corrected chi connectivity index (χ4v) is 1.10. The minimum atomic E-state index is -3.88. The van der Waals surface area contributed by atoms with Crippen molar-refractivity contribution in [3.63, 3.8) is 0 Å². The number of hydrogen-bond acceptors (Lipinski definition) is 6. The van der Waals surface area contributed by atoms with Crippen LogP contribution in [-0.2, 0) is 24.4 Å². The quantitative estimate of drug-likeness (QED) is 0.347. The smallest absolute Gasteiger partial charge is 0.330 e. The minimum Gasteiger partial charge on any atom is -0.481 e. The molecule has 2 unspecified atom stereocenters. The van der Waals surface area contributed by atoms with E-state index in [4.69, 9.17) is 20.1 Å². The van der Waals surface area contributed by atoms with Gasteiger partial charge >= 0.3 is 11.9 Å². The summed E-state index contributed by atoms with van der Waals surface area (Å²) in [5, 5.41) is 7.76. The van der Waals surface area contributed by atoms with Crippen LogP contribution in [0.3, 0.4) is 0 Å². The lowest BCUT2D eigenvalue weighted by Crippen LogP contribution is -2.25. The van der Waals surface area contributed by atoms with E-state index in [1.54, 1.807) is 19.9 Å². The van der Waals surface area contributed by atoms with Crippen LogP contribution in [0.4, 0.5) is 0 Å². The van der Waals surface area contributed by atoms with Crippen LogP contribution in [0.1, 0.15) is 27.2 Å². The molecule has 0 aliphatic rings. The summed E-state index contributed by atoms with van der Waals surface area (Å²) in [5.41, 5.74) is 4.92. The van der Waals surface area contributed by atoms with E-state index in [1.165, 1.54) is 13.0 Å². The van der Waals surface area contributed by atoms with Gasteiger partial charge in [0.2, 0.25) is 0 Å². The van der Waals surface area contributed by atoms with E-state index in [0.29, 0.717) is 6.42 Å². The number of ether oxygens (including phenoxy) is 1. The van der Waals surface area contributed by atoms with E-state index < -0.39 is 33.2 Å². The number of allylic oxidation sites excluding steroid dienone is 1. The van der Waals surface area contributed by atoms with E-state index >= 15 is 0 Å². The zero-order chi connectivity index (χ0) is 17.1.